The predicted octanol–water partition coefficient (Wildman–Crippen LogP) is 3.76. The van der Waals surface area contributed by atoms with Crippen LogP contribution >= 0.6 is 0 Å². The Morgan fingerprint density at radius 3 is 2.78 bits per heavy atom. The van der Waals surface area contributed by atoms with Crippen molar-refractivity contribution in [2.24, 2.45) is 12.8 Å². The number of rotatable bonds is 5. The zero-order valence-corrected chi connectivity index (χ0v) is 15.2. The van der Waals surface area contributed by atoms with E-state index < -0.39 is 0 Å². The number of benzene rings is 2. The molecule has 0 saturated heterocycles. The standard InChI is InChI=1S/C21H21FN4O/c1-13(14-4-3-5-16(22)10-14)25-21(27)18-12-26(2)20-7-6-15(11-17(18)20)19(24)8-9-23/h3-13,23H,24H2,1-2H3,(H,25,27). The maximum atomic E-state index is 13.4. The Bertz CT molecular complexity index is 1050. The third-order valence-electron chi connectivity index (χ3n) is 4.53. The highest BCUT2D eigenvalue weighted by Gasteiger charge is 2.17. The van der Waals surface area contributed by atoms with Gasteiger partial charge in [0.25, 0.3) is 5.91 Å². The van der Waals surface area contributed by atoms with E-state index in [1.807, 2.05) is 36.7 Å². The summed E-state index contributed by atoms with van der Waals surface area (Å²) in [7, 11) is 1.87. The first kappa shape index (κ1) is 18.4. The summed E-state index contributed by atoms with van der Waals surface area (Å²) in [4.78, 5) is 12.8. The lowest BCUT2D eigenvalue weighted by Crippen LogP contribution is -2.26. The molecular weight excluding hydrogens is 343 g/mol. The molecule has 0 aliphatic heterocycles. The molecule has 1 atom stereocenters. The third kappa shape index (κ3) is 3.74. The Labute approximate surface area is 156 Å². The first-order valence-electron chi connectivity index (χ1n) is 8.52. The van der Waals surface area contributed by atoms with E-state index in [-0.39, 0.29) is 17.8 Å². The fraction of sp³-hybridized carbons (Fsp3) is 0.143. The van der Waals surface area contributed by atoms with E-state index in [0.29, 0.717) is 16.8 Å². The average molecular weight is 364 g/mol. The topological polar surface area (TPSA) is 83.9 Å². The second-order valence-corrected chi connectivity index (χ2v) is 6.42. The fourth-order valence-electron chi connectivity index (χ4n) is 3.07. The molecule has 0 spiro atoms. The number of carbonyl (C=O) groups excluding carboxylic acids is 1. The van der Waals surface area contributed by atoms with Crippen LogP contribution < -0.4 is 11.1 Å². The number of amides is 1. The molecule has 6 heteroatoms. The molecule has 1 aromatic heterocycles. The van der Waals surface area contributed by atoms with Crippen LogP contribution in [0.15, 0.2) is 54.7 Å². The Balaban J connectivity index is 1.95. The molecule has 2 aromatic carbocycles. The summed E-state index contributed by atoms with van der Waals surface area (Å²) in [6, 6.07) is 11.4. The van der Waals surface area contributed by atoms with Gasteiger partial charge in [-0.05, 0) is 48.4 Å². The Morgan fingerprint density at radius 2 is 2.07 bits per heavy atom. The van der Waals surface area contributed by atoms with Crippen molar-refractivity contribution < 1.29 is 9.18 Å². The summed E-state index contributed by atoms with van der Waals surface area (Å²) in [5.41, 5.74) is 9.27. The van der Waals surface area contributed by atoms with Crippen molar-refractivity contribution in [2.75, 3.05) is 0 Å². The summed E-state index contributed by atoms with van der Waals surface area (Å²) < 4.78 is 15.3. The minimum Gasteiger partial charge on any atom is -0.398 e. The fourth-order valence-corrected chi connectivity index (χ4v) is 3.07. The summed E-state index contributed by atoms with van der Waals surface area (Å²) in [5.74, 6) is -0.582. The van der Waals surface area contributed by atoms with Crippen LogP contribution in [0.4, 0.5) is 4.39 Å². The van der Waals surface area contributed by atoms with Gasteiger partial charge in [0.2, 0.25) is 0 Å². The number of aryl methyl sites for hydroxylation is 1. The van der Waals surface area contributed by atoms with Crippen LogP contribution in [0.2, 0.25) is 0 Å². The van der Waals surface area contributed by atoms with Gasteiger partial charge in [-0.2, -0.15) is 0 Å². The molecule has 27 heavy (non-hydrogen) atoms. The van der Waals surface area contributed by atoms with Gasteiger partial charge in [-0.15, -0.1) is 0 Å². The smallest absolute Gasteiger partial charge is 0.253 e. The van der Waals surface area contributed by atoms with Crippen molar-refractivity contribution in [2.45, 2.75) is 13.0 Å². The van der Waals surface area contributed by atoms with E-state index in [4.69, 9.17) is 11.1 Å². The van der Waals surface area contributed by atoms with Gasteiger partial charge in [0.05, 0.1) is 11.6 Å². The number of nitrogens with zero attached hydrogens (tertiary/aromatic N) is 1. The maximum absolute atomic E-state index is 13.4. The highest BCUT2D eigenvalue weighted by atomic mass is 19.1. The molecule has 0 saturated carbocycles. The zero-order valence-electron chi connectivity index (χ0n) is 15.2. The Morgan fingerprint density at radius 1 is 1.30 bits per heavy atom. The molecule has 1 amide bonds. The lowest BCUT2D eigenvalue weighted by molar-refractivity contribution is 0.0941. The Hall–Kier alpha value is -3.41. The van der Waals surface area contributed by atoms with Gasteiger partial charge in [0.1, 0.15) is 5.82 Å². The van der Waals surface area contributed by atoms with E-state index in [1.54, 1.807) is 18.3 Å². The van der Waals surface area contributed by atoms with Crippen molar-refractivity contribution in [1.82, 2.24) is 9.88 Å². The number of fused-ring (bicyclic) bond motifs is 1. The van der Waals surface area contributed by atoms with Gasteiger partial charge in [0.15, 0.2) is 0 Å². The SMILES string of the molecule is CC(NC(=O)c1cn(C)c2ccc(C(N)=CC=N)cc12)c1cccc(F)c1. The normalized spacial score (nSPS) is 12.8. The first-order valence-corrected chi connectivity index (χ1v) is 8.52. The molecule has 0 fully saturated rings. The Kier molecular flexibility index (Phi) is 5.07. The van der Waals surface area contributed by atoms with Crippen LogP contribution in [-0.2, 0) is 7.05 Å². The van der Waals surface area contributed by atoms with Gasteiger partial charge in [-0.25, -0.2) is 4.39 Å². The molecule has 4 N–H and O–H groups in total. The van der Waals surface area contributed by atoms with E-state index in [9.17, 15) is 9.18 Å². The van der Waals surface area contributed by atoms with Crippen molar-refractivity contribution >= 4 is 28.7 Å². The number of nitrogens with one attached hydrogen (secondary N) is 2. The van der Waals surface area contributed by atoms with Crippen LogP contribution in [-0.4, -0.2) is 16.7 Å². The molecule has 1 heterocycles. The largest absolute Gasteiger partial charge is 0.398 e. The predicted molar refractivity (Wildman–Crippen MR) is 106 cm³/mol. The second-order valence-electron chi connectivity index (χ2n) is 6.42. The highest BCUT2D eigenvalue weighted by Crippen LogP contribution is 2.25. The minimum atomic E-state index is -0.338. The molecule has 0 aliphatic rings. The molecule has 0 radical (unpaired) electrons. The summed E-state index contributed by atoms with van der Waals surface area (Å²) >= 11 is 0. The summed E-state index contributed by atoms with van der Waals surface area (Å²) in [6.07, 6.45) is 4.38. The quantitative estimate of drug-likeness (QED) is 0.602. The number of hydrogen-bond acceptors (Lipinski definition) is 3. The molecule has 3 aromatic rings. The van der Waals surface area contributed by atoms with Crippen molar-refractivity contribution in [1.29, 1.82) is 5.41 Å². The van der Waals surface area contributed by atoms with Crippen molar-refractivity contribution in [3.8, 4) is 0 Å². The van der Waals surface area contributed by atoms with Crippen LogP contribution in [0.5, 0.6) is 0 Å². The van der Waals surface area contributed by atoms with Crippen LogP contribution in [0, 0.1) is 11.2 Å². The van der Waals surface area contributed by atoms with Crippen LogP contribution in [0.3, 0.4) is 0 Å². The third-order valence-corrected chi connectivity index (χ3v) is 4.53. The van der Waals surface area contributed by atoms with Gasteiger partial charge in [-0.1, -0.05) is 18.2 Å². The molecule has 0 bridgehead atoms. The van der Waals surface area contributed by atoms with Gasteiger partial charge in [-0.3, -0.25) is 4.79 Å². The van der Waals surface area contributed by atoms with Crippen LogP contribution in [0.1, 0.15) is 34.5 Å². The lowest BCUT2D eigenvalue weighted by Gasteiger charge is -2.14. The summed E-state index contributed by atoms with van der Waals surface area (Å²) in [5, 5.41) is 10.8. The number of allylic oxidation sites excluding steroid dienone is 1. The van der Waals surface area contributed by atoms with Gasteiger partial charge in [0, 0.05) is 36.1 Å². The number of hydrogen-bond donors (Lipinski definition) is 3. The average Bonchev–Trinajstić information content (AvgIpc) is 2.98. The number of halogens is 1. The molecule has 1 unspecified atom stereocenters. The van der Waals surface area contributed by atoms with Gasteiger partial charge < -0.3 is 21.0 Å². The monoisotopic (exact) mass is 364 g/mol. The molecule has 138 valence electrons. The maximum Gasteiger partial charge on any atom is 0.253 e. The van der Waals surface area contributed by atoms with E-state index in [0.717, 1.165) is 22.7 Å². The minimum absolute atomic E-state index is 0.246. The van der Waals surface area contributed by atoms with E-state index in [1.165, 1.54) is 18.2 Å². The molecular formula is C21H21FN4O. The number of nitrogens with two attached hydrogens (primary N) is 1. The number of carbonyl (C=O) groups is 1. The lowest BCUT2D eigenvalue weighted by atomic mass is 10.1. The molecule has 3 rings (SSSR count). The first-order chi connectivity index (χ1) is 12.9. The zero-order chi connectivity index (χ0) is 19.6. The molecule has 5 nitrogen and oxygen atoms in total. The molecule has 0 aliphatic carbocycles. The van der Waals surface area contributed by atoms with E-state index >= 15 is 0 Å². The summed E-state index contributed by atoms with van der Waals surface area (Å²) in [6.45, 7) is 1.81. The van der Waals surface area contributed by atoms with Crippen molar-refractivity contribution in [3.63, 3.8) is 0 Å². The highest BCUT2D eigenvalue weighted by molar-refractivity contribution is 6.07. The second kappa shape index (κ2) is 7.45. The van der Waals surface area contributed by atoms with Gasteiger partial charge >= 0.3 is 0 Å². The number of aromatic nitrogens is 1. The van der Waals surface area contributed by atoms with Crippen LogP contribution in [0.25, 0.3) is 16.6 Å². The van der Waals surface area contributed by atoms with Crippen molar-refractivity contribution in [3.05, 3.63) is 77.2 Å². The van der Waals surface area contributed by atoms with E-state index in [2.05, 4.69) is 5.32 Å².